The monoisotopic (exact) mass is 412 g/mol. The number of halogens is 2. The molecule has 0 N–H and O–H groups in total. The molecule has 21 heavy (non-hydrogen) atoms. The number of methoxy groups -OCH3 is 2. The van der Waals surface area contributed by atoms with Crippen LogP contribution in [0.2, 0.25) is 0 Å². The lowest BCUT2D eigenvalue weighted by Gasteiger charge is -2.12. The second-order valence-electron chi connectivity index (χ2n) is 4.38. The topological polar surface area (TPSA) is 35.5 Å². The third-order valence-electron chi connectivity index (χ3n) is 3.08. The molecule has 0 aliphatic carbocycles. The molecule has 0 spiro atoms. The van der Waals surface area contributed by atoms with Crippen molar-refractivity contribution in [1.82, 2.24) is 0 Å². The zero-order valence-corrected chi connectivity index (χ0v) is 14.8. The predicted octanol–water partition coefficient (Wildman–Crippen LogP) is 4.65. The van der Waals surface area contributed by atoms with Crippen LogP contribution < -0.4 is 9.47 Å². The van der Waals surface area contributed by atoms with Crippen LogP contribution in [0, 0.1) is 0 Å². The van der Waals surface area contributed by atoms with Crippen LogP contribution in [0.15, 0.2) is 45.3 Å². The van der Waals surface area contributed by atoms with Crippen molar-refractivity contribution in [3.63, 3.8) is 0 Å². The van der Waals surface area contributed by atoms with Gasteiger partial charge in [-0.25, -0.2) is 0 Å². The minimum Gasteiger partial charge on any atom is -0.493 e. The molecule has 0 aliphatic rings. The zero-order chi connectivity index (χ0) is 15.4. The standard InChI is InChI=1S/C16H14Br2O3/c1-20-15-8-10(13(18)9-16(15)21-2)7-14(19)11-5-3-4-6-12(11)17/h3-6,8-9H,7H2,1-2H3. The lowest BCUT2D eigenvalue weighted by atomic mass is 10.0. The van der Waals surface area contributed by atoms with Gasteiger partial charge >= 0.3 is 0 Å². The van der Waals surface area contributed by atoms with Gasteiger partial charge in [0.15, 0.2) is 17.3 Å². The van der Waals surface area contributed by atoms with Crippen LogP contribution in [0.3, 0.4) is 0 Å². The van der Waals surface area contributed by atoms with Crippen LogP contribution in [0.25, 0.3) is 0 Å². The number of ether oxygens (including phenoxy) is 2. The lowest BCUT2D eigenvalue weighted by Crippen LogP contribution is -2.05. The normalized spacial score (nSPS) is 10.3. The fourth-order valence-corrected chi connectivity index (χ4v) is 2.96. The van der Waals surface area contributed by atoms with Crippen molar-refractivity contribution in [2.75, 3.05) is 14.2 Å². The first-order valence-corrected chi connectivity index (χ1v) is 7.83. The molecule has 0 aliphatic heterocycles. The summed E-state index contributed by atoms with van der Waals surface area (Å²) >= 11 is 6.87. The summed E-state index contributed by atoms with van der Waals surface area (Å²) in [5.74, 6) is 1.27. The molecule has 0 amide bonds. The largest absolute Gasteiger partial charge is 0.493 e. The maximum Gasteiger partial charge on any atom is 0.168 e. The summed E-state index contributed by atoms with van der Waals surface area (Å²) in [6.45, 7) is 0. The summed E-state index contributed by atoms with van der Waals surface area (Å²) in [7, 11) is 3.15. The maximum atomic E-state index is 12.4. The molecule has 0 unspecified atom stereocenters. The molecule has 2 aromatic carbocycles. The first-order valence-electron chi connectivity index (χ1n) is 6.25. The molecule has 2 aromatic rings. The number of rotatable bonds is 5. The number of carbonyl (C=O) groups excluding carboxylic acids is 1. The minimum atomic E-state index is 0.0374. The molecule has 5 heteroatoms. The second-order valence-corrected chi connectivity index (χ2v) is 6.09. The van der Waals surface area contributed by atoms with E-state index in [4.69, 9.17) is 9.47 Å². The highest BCUT2D eigenvalue weighted by Crippen LogP contribution is 2.34. The van der Waals surface area contributed by atoms with Crippen molar-refractivity contribution in [3.05, 3.63) is 56.5 Å². The van der Waals surface area contributed by atoms with E-state index >= 15 is 0 Å². The van der Waals surface area contributed by atoms with Gasteiger partial charge in [0.25, 0.3) is 0 Å². The van der Waals surface area contributed by atoms with E-state index in [9.17, 15) is 4.79 Å². The molecule has 0 fully saturated rings. The predicted molar refractivity (Wildman–Crippen MR) is 89.4 cm³/mol. The van der Waals surface area contributed by atoms with Crippen molar-refractivity contribution in [3.8, 4) is 11.5 Å². The van der Waals surface area contributed by atoms with Gasteiger partial charge in [-0.1, -0.05) is 50.1 Å². The van der Waals surface area contributed by atoms with Crippen molar-refractivity contribution < 1.29 is 14.3 Å². The minimum absolute atomic E-state index is 0.0374. The van der Waals surface area contributed by atoms with Gasteiger partial charge in [-0.2, -0.15) is 0 Å². The molecule has 0 saturated heterocycles. The summed E-state index contributed by atoms with van der Waals surface area (Å²) < 4.78 is 12.1. The van der Waals surface area contributed by atoms with Crippen LogP contribution in [0.1, 0.15) is 15.9 Å². The first-order chi connectivity index (χ1) is 10.1. The Morgan fingerprint density at radius 2 is 1.62 bits per heavy atom. The fraction of sp³-hybridized carbons (Fsp3) is 0.188. The Morgan fingerprint density at radius 1 is 1.00 bits per heavy atom. The van der Waals surface area contributed by atoms with Crippen LogP contribution in [-0.4, -0.2) is 20.0 Å². The summed E-state index contributed by atoms with van der Waals surface area (Å²) in [6, 6.07) is 11.0. The van der Waals surface area contributed by atoms with Crippen molar-refractivity contribution in [2.45, 2.75) is 6.42 Å². The molecular weight excluding hydrogens is 400 g/mol. The molecule has 110 valence electrons. The summed E-state index contributed by atoms with van der Waals surface area (Å²) in [5.41, 5.74) is 1.52. The Hall–Kier alpha value is -1.33. The van der Waals surface area contributed by atoms with E-state index in [-0.39, 0.29) is 12.2 Å². The van der Waals surface area contributed by atoms with Gasteiger partial charge in [0.05, 0.1) is 14.2 Å². The van der Waals surface area contributed by atoms with E-state index in [2.05, 4.69) is 31.9 Å². The van der Waals surface area contributed by atoms with Crippen LogP contribution >= 0.6 is 31.9 Å². The zero-order valence-electron chi connectivity index (χ0n) is 11.7. The van der Waals surface area contributed by atoms with Crippen molar-refractivity contribution in [2.24, 2.45) is 0 Å². The third-order valence-corrected chi connectivity index (χ3v) is 4.51. The average molecular weight is 414 g/mol. The van der Waals surface area contributed by atoms with Crippen LogP contribution in [0.4, 0.5) is 0 Å². The Morgan fingerprint density at radius 3 is 2.24 bits per heavy atom. The van der Waals surface area contributed by atoms with Gasteiger partial charge in [0, 0.05) is 20.9 Å². The van der Waals surface area contributed by atoms with Gasteiger partial charge in [-0.3, -0.25) is 4.79 Å². The summed E-state index contributed by atoms with van der Waals surface area (Å²) in [6.07, 6.45) is 0.281. The molecule has 0 radical (unpaired) electrons. The van der Waals surface area contributed by atoms with Gasteiger partial charge in [0.2, 0.25) is 0 Å². The van der Waals surface area contributed by atoms with Gasteiger partial charge in [0.1, 0.15) is 0 Å². The number of Topliss-reactive ketones (excluding diaryl/α,β-unsaturated/α-hetero) is 1. The number of benzene rings is 2. The van der Waals surface area contributed by atoms with E-state index in [0.717, 1.165) is 14.5 Å². The van der Waals surface area contributed by atoms with E-state index in [0.29, 0.717) is 17.1 Å². The first kappa shape index (κ1) is 16.0. The maximum absolute atomic E-state index is 12.4. The van der Waals surface area contributed by atoms with Gasteiger partial charge < -0.3 is 9.47 Å². The Balaban J connectivity index is 2.31. The van der Waals surface area contributed by atoms with E-state index in [1.54, 1.807) is 20.3 Å². The highest BCUT2D eigenvalue weighted by atomic mass is 79.9. The van der Waals surface area contributed by atoms with Crippen molar-refractivity contribution >= 4 is 37.6 Å². The summed E-state index contributed by atoms with van der Waals surface area (Å²) in [5, 5.41) is 0. The Kier molecular flexibility index (Phi) is 5.42. The molecule has 0 heterocycles. The molecule has 0 atom stereocenters. The molecular formula is C16H14Br2O3. The number of hydrogen-bond acceptors (Lipinski definition) is 3. The molecule has 3 nitrogen and oxygen atoms in total. The van der Waals surface area contributed by atoms with E-state index in [1.807, 2.05) is 30.3 Å². The van der Waals surface area contributed by atoms with Crippen LogP contribution in [-0.2, 0) is 6.42 Å². The second kappa shape index (κ2) is 7.09. The van der Waals surface area contributed by atoms with Gasteiger partial charge in [-0.05, 0) is 23.8 Å². The number of carbonyl (C=O) groups is 1. The Bertz CT molecular complexity index is 669. The smallest absolute Gasteiger partial charge is 0.168 e. The average Bonchev–Trinajstić information content (AvgIpc) is 2.49. The van der Waals surface area contributed by atoms with Crippen LogP contribution in [0.5, 0.6) is 11.5 Å². The third kappa shape index (κ3) is 3.66. The highest BCUT2D eigenvalue weighted by Gasteiger charge is 2.15. The molecule has 2 rings (SSSR count). The number of hydrogen-bond donors (Lipinski definition) is 0. The Labute approximate surface area is 140 Å². The lowest BCUT2D eigenvalue weighted by molar-refractivity contribution is 0.0992. The van der Waals surface area contributed by atoms with Gasteiger partial charge in [-0.15, -0.1) is 0 Å². The SMILES string of the molecule is COc1cc(Br)c(CC(=O)c2ccccc2Br)cc1OC. The number of ketones is 1. The molecule has 0 aromatic heterocycles. The molecule has 0 bridgehead atoms. The fourth-order valence-electron chi connectivity index (χ4n) is 1.99. The summed E-state index contributed by atoms with van der Waals surface area (Å²) in [4.78, 5) is 12.4. The molecule has 0 saturated carbocycles. The quantitative estimate of drug-likeness (QED) is 0.669. The van der Waals surface area contributed by atoms with E-state index < -0.39 is 0 Å². The van der Waals surface area contributed by atoms with Crippen molar-refractivity contribution in [1.29, 1.82) is 0 Å². The van der Waals surface area contributed by atoms with E-state index in [1.165, 1.54) is 0 Å². The highest BCUT2D eigenvalue weighted by molar-refractivity contribution is 9.10.